The number of hydrogen-bond donors (Lipinski definition) is 0. The summed E-state index contributed by atoms with van der Waals surface area (Å²) in [5.74, 6) is 0.510. The Morgan fingerprint density at radius 2 is 1.32 bits per heavy atom. The smallest absolute Gasteiger partial charge is 0.0246 e. The summed E-state index contributed by atoms with van der Waals surface area (Å²) in [6, 6.07) is 51.4. The number of aromatic nitrogens is 2. The van der Waals surface area contributed by atoms with Crippen molar-refractivity contribution in [2.45, 2.75) is 19.8 Å². The van der Waals surface area contributed by atoms with Crippen LogP contribution in [0.3, 0.4) is 0 Å². The molecule has 0 aliphatic rings. The molecule has 0 aliphatic carbocycles. The van der Waals surface area contributed by atoms with Crippen molar-refractivity contribution in [1.82, 2.24) is 9.97 Å². The third kappa shape index (κ3) is 5.85. The van der Waals surface area contributed by atoms with Crippen LogP contribution < -0.4 is 0 Å². The van der Waals surface area contributed by atoms with Crippen LogP contribution in [0, 0.1) is 12.1 Å². The fourth-order valence-electron chi connectivity index (χ4n) is 6.27. The van der Waals surface area contributed by atoms with Gasteiger partial charge in [0.1, 0.15) is 0 Å². The van der Waals surface area contributed by atoms with Crippen LogP contribution in [0.5, 0.6) is 0 Å². The summed E-state index contributed by atoms with van der Waals surface area (Å²) in [6.07, 6.45) is 3.73. The van der Waals surface area contributed by atoms with Crippen molar-refractivity contribution in [2.75, 3.05) is 0 Å². The molecule has 0 aliphatic heterocycles. The van der Waals surface area contributed by atoms with Crippen molar-refractivity contribution in [3.8, 4) is 22.5 Å². The topological polar surface area (TPSA) is 25.8 Å². The van der Waals surface area contributed by atoms with Crippen molar-refractivity contribution >= 4 is 63.8 Å². The fraction of sp³-hybridized carbons (Fsp3) is 0.0698. The second kappa shape index (κ2) is 13.2. The van der Waals surface area contributed by atoms with Crippen LogP contribution in [-0.2, 0) is 20.1 Å². The van der Waals surface area contributed by atoms with E-state index in [0.29, 0.717) is 5.92 Å². The molecule has 47 heavy (non-hydrogen) atoms. The molecule has 3 aromatic heterocycles. The minimum atomic E-state index is 0. The van der Waals surface area contributed by atoms with Gasteiger partial charge in [-0.15, -0.1) is 59.7 Å². The van der Waals surface area contributed by atoms with Crippen LogP contribution in [-0.4, -0.2) is 9.97 Å². The average Bonchev–Trinajstić information content (AvgIpc) is 3.50. The van der Waals surface area contributed by atoms with Gasteiger partial charge in [0.2, 0.25) is 0 Å². The van der Waals surface area contributed by atoms with E-state index >= 15 is 0 Å². The van der Waals surface area contributed by atoms with Gasteiger partial charge in [0, 0.05) is 37.2 Å². The van der Waals surface area contributed by atoms with E-state index < -0.39 is 0 Å². The molecule has 9 aromatic rings. The zero-order chi connectivity index (χ0) is 31.0. The number of rotatable bonds is 3. The molecule has 0 saturated carbocycles. The Morgan fingerprint density at radius 3 is 2.15 bits per heavy atom. The van der Waals surface area contributed by atoms with Gasteiger partial charge in [-0.1, -0.05) is 92.0 Å². The first-order valence-corrected chi connectivity index (χ1v) is 16.4. The predicted molar refractivity (Wildman–Crippen MR) is 197 cm³/mol. The molecule has 3 heterocycles. The Kier molecular flexibility index (Phi) is 8.66. The zero-order valence-electron chi connectivity index (χ0n) is 26.0. The molecule has 0 spiro atoms. The number of benzene rings is 6. The summed E-state index contributed by atoms with van der Waals surface area (Å²) in [5, 5.41) is 10.2. The van der Waals surface area contributed by atoms with Gasteiger partial charge < -0.3 is 9.97 Å². The Bertz CT molecular complexity index is 2470. The molecule has 9 rings (SSSR count). The molecular formula is C43H30IrN2S-2. The standard InChI is InChI=1S/C32H22NS.C11H8N.Ir/c1-19(2)21-8-7-20-9-11-23-24(29(20)17-21)13-14-28-25(23)15-16-33-32(28)22-10-12-27-26-5-3-4-6-30(26)34-31(27)18-22;1-2-6-10(7-3-1)11-8-4-5-9-12-11;/h3-9,11-19H,1-2H3;1-6,8-9H;/q2*-1;. The van der Waals surface area contributed by atoms with E-state index in [4.69, 9.17) is 4.98 Å². The number of hydrogen-bond acceptors (Lipinski definition) is 3. The van der Waals surface area contributed by atoms with Crippen LogP contribution in [0.15, 0.2) is 140 Å². The van der Waals surface area contributed by atoms with E-state index in [1.54, 1.807) is 6.20 Å². The molecule has 4 heteroatoms. The van der Waals surface area contributed by atoms with Crippen LogP contribution in [0.2, 0.25) is 0 Å². The van der Waals surface area contributed by atoms with Crippen LogP contribution in [0.25, 0.3) is 75.0 Å². The summed E-state index contributed by atoms with van der Waals surface area (Å²) in [5.41, 5.74) is 5.43. The summed E-state index contributed by atoms with van der Waals surface area (Å²) in [6.45, 7) is 4.51. The van der Waals surface area contributed by atoms with Crippen LogP contribution in [0.4, 0.5) is 0 Å². The first kappa shape index (κ1) is 30.9. The minimum Gasteiger partial charge on any atom is -0.305 e. The maximum atomic E-state index is 4.82. The molecule has 0 fully saturated rings. The molecule has 0 atom stereocenters. The normalized spacial score (nSPS) is 11.2. The first-order valence-electron chi connectivity index (χ1n) is 15.6. The van der Waals surface area contributed by atoms with Crippen molar-refractivity contribution in [3.05, 3.63) is 157 Å². The van der Waals surface area contributed by atoms with Gasteiger partial charge in [0.15, 0.2) is 0 Å². The van der Waals surface area contributed by atoms with E-state index in [2.05, 4.69) is 116 Å². The Morgan fingerprint density at radius 1 is 0.553 bits per heavy atom. The molecular weight excluding hydrogens is 769 g/mol. The molecule has 0 saturated heterocycles. The van der Waals surface area contributed by atoms with E-state index in [9.17, 15) is 0 Å². The van der Waals surface area contributed by atoms with Crippen molar-refractivity contribution in [2.24, 2.45) is 0 Å². The van der Waals surface area contributed by atoms with Crippen molar-refractivity contribution in [1.29, 1.82) is 0 Å². The minimum absolute atomic E-state index is 0. The molecule has 1 radical (unpaired) electrons. The number of nitrogens with zero attached hydrogens (tertiary/aromatic N) is 2. The third-order valence-corrected chi connectivity index (χ3v) is 9.80. The zero-order valence-corrected chi connectivity index (χ0v) is 29.2. The predicted octanol–water partition coefficient (Wildman–Crippen LogP) is 12.0. The molecule has 0 amide bonds. The van der Waals surface area contributed by atoms with Gasteiger partial charge in [-0.25, -0.2) is 0 Å². The average molecular weight is 799 g/mol. The third-order valence-electron chi connectivity index (χ3n) is 8.67. The van der Waals surface area contributed by atoms with E-state index in [-0.39, 0.29) is 20.1 Å². The van der Waals surface area contributed by atoms with Gasteiger partial charge in [-0.2, -0.15) is 11.3 Å². The van der Waals surface area contributed by atoms with E-state index in [1.165, 1.54) is 58.1 Å². The first-order chi connectivity index (χ1) is 22.6. The molecule has 229 valence electrons. The SMILES string of the molecule is CC(C)c1ccc2ccc3c4ccnc(-c5[c-]cc6c(c5)sc5ccccc56)c4ccc3c2c1.[Ir].[c-]1ccccc1-c1ccccn1. The molecule has 0 unspecified atom stereocenters. The molecule has 0 N–H and O–H groups in total. The number of pyridine rings is 2. The summed E-state index contributed by atoms with van der Waals surface area (Å²) >= 11 is 1.84. The van der Waals surface area contributed by atoms with E-state index in [1.807, 2.05) is 60.0 Å². The van der Waals surface area contributed by atoms with Crippen LogP contribution >= 0.6 is 11.3 Å². The number of thiophene rings is 1. The largest absolute Gasteiger partial charge is 0.305 e. The Balaban J connectivity index is 0.000000228. The summed E-state index contributed by atoms with van der Waals surface area (Å²) in [4.78, 5) is 9.04. The molecule has 0 bridgehead atoms. The summed E-state index contributed by atoms with van der Waals surface area (Å²) in [7, 11) is 0. The molecule has 6 aromatic carbocycles. The van der Waals surface area contributed by atoms with Crippen molar-refractivity contribution < 1.29 is 20.1 Å². The number of fused-ring (bicyclic) bond motifs is 8. The van der Waals surface area contributed by atoms with Crippen molar-refractivity contribution in [3.63, 3.8) is 0 Å². The van der Waals surface area contributed by atoms with Gasteiger partial charge in [0.05, 0.1) is 0 Å². The van der Waals surface area contributed by atoms with Gasteiger partial charge >= 0.3 is 0 Å². The summed E-state index contributed by atoms with van der Waals surface area (Å²) < 4.78 is 2.59. The monoisotopic (exact) mass is 799 g/mol. The van der Waals surface area contributed by atoms with Gasteiger partial charge in [-0.05, 0) is 83.5 Å². The second-order valence-corrected chi connectivity index (χ2v) is 12.9. The van der Waals surface area contributed by atoms with Crippen LogP contribution in [0.1, 0.15) is 25.3 Å². The Hall–Kier alpha value is -4.73. The second-order valence-electron chi connectivity index (χ2n) is 11.8. The van der Waals surface area contributed by atoms with Gasteiger partial charge in [0.25, 0.3) is 0 Å². The fourth-order valence-corrected chi connectivity index (χ4v) is 7.39. The molecule has 2 nitrogen and oxygen atoms in total. The van der Waals surface area contributed by atoms with Gasteiger partial charge in [-0.3, -0.25) is 0 Å². The quantitative estimate of drug-likeness (QED) is 0.131. The van der Waals surface area contributed by atoms with E-state index in [0.717, 1.165) is 22.5 Å². The maximum Gasteiger partial charge on any atom is 0.0246 e. The maximum absolute atomic E-state index is 4.82. The Labute approximate surface area is 292 Å².